The number of fused-ring (bicyclic) bond motifs is 16. The van der Waals surface area contributed by atoms with Crippen molar-refractivity contribution in [3.05, 3.63) is 153 Å². The lowest BCUT2D eigenvalue weighted by Gasteiger charge is -2.36. The van der Waals surface area contributed by atoms with E-state index in [2.05, 4.69) is 20.4 Å². The highest BCUT2D eigenvalue weighted by molar-refractivity contribution is 7.15. The lowest BCUT2D eigenvalue weighted by atomic mass is 9.90. The lowest BCUT2D eigenvalue weighted by Crippen LogP contribution is -2.50. The fourth-order valence-electron chi connectivity index (χ4n) is 12.4. The second-order valence-electron chi connectivity index (χ2n) is 24.2. The quantitative estimate of drug-likeness (QED) is 0.0807. The summed E-state index contributed by atoms with van der Waals surface area (Å²) in [5, 5.41) is 40.7. The molecule has 94 heavy (non-hydrogen) atoms. The Morgan fingerprint density at radius 1 is 0.638 bits per heavy atom. The number of piperazine rings is 1. The average molecular weight is 1380 g/mol. The van der Waals surface area contributed by atoms with Gasteiger partial charge in [-0.1, -0.05) is 73.5 Å². The molecule has 10 bridgehead atoms. The zero-order valence-corrected chi connectivity index (χ0v) is 56.6. The summed E-state index contributed by atoms with van der Waals surface area (Å²) >= 11 is 7.35. The fourth-order valence-corrected chi connectivity index (χ4v) is 17.8. The summed E-state index contributed by atoms with van der Waals surface area (Å²) in [5.74, 6) is -4.55. The standard InChI is InChI=1S/C66H68N14O8S6/c1-35-12-14-38(15-13-35)26-44-66(88)80-29-51(82)36(2)55(80)64-74-48(33-93-64)62-71-45(30-91-62)54-40(16-17-42(68-54)61-75-49(34-92-61)65(87)79-24-22-78(23-25-79)21-20-77-18-8-5-9-19-77)59-72-46(31-89-59)57(85)69-43(28-52(67)83)63-76-53(37(3)94-63)50(81)27-41(56(84)39-10-6-4-7-11-39)60-73-47(32-90-60)58(86)70-44/h4,6-7,10-17,30-34,36,41,43-44,51,55-56,82,84H,5,8-9,18-29H2,1-3H3,(H2,67,83)(H,69,85)(H,70,86)/t36-,41-,43-,44-,51-,55-,56+/m0/s1. The van der Waals surface area contributed by atoms with Crippen molar-refractivity contribution in [1.82, 2.24) is 65.1 Å². The van der Waals surface area contributed by atoms with Crippen LogP contribution in [-0.2, 0) is 16.0 Å². The van der Waals surface area contributed by atoms with Gasteiger partial charge < -0.3 is 41.3 Å². The molecule has 2 aromatic carbocycles. The van der Waals surface area contributed by atoms with Crippen molar-refractivity contribution in [2.45, 2.75) is 95.5 Å². The Bertz CT molecular complexity index is 4260. The first kappa shape index (κ1) is 64.9. The summed E-state index contributed by atoms with van der Waals surface area (Å²) in [5.41, 5.74) is 10.9. The molecule has 0 spiro atoms. The predicted molar refractivity (Wildman–Crippen MR) is 363 cm³/mol. The largest absolute Gasteiger partial charge is 0.391 e. The van der Waals surface area contributed by atoms with Crippen LogP contribution in [0.4, 0.5) is 0 Å². The summed E-state index contributed by atoms with van der Waals surface area (Å²) in [4.78, 5) is 129. The number of likely N-dealkylation sites (tertiary alicyclic amines) is 1. The number of thiazole rings is 6. The summed E-state index contributed by atoms with van der Waals surface area (Å²) < 4.78 is 0. The molecule has 3 fully saturated rings. The number of hydrogen-bond donors (Lipinski definition) is 5. The number of aliphatic hydroxyl groups is 2. The zero-order chi connectivity index (χ0) is 65.3. The second kappa shape index (κ2) is 28.3. The van der Waals surface area contributed by atoms with E-state index in [1.54, 1.807) is 59.0 Å². The zero-order valence-electron chi connectivity index (χ0n) is 51.7. The minimum absolute atomic E-state index is 0.0207. The molecule has 3 saturated heterocycles. The lowest BCUT2D eigenvalue weighted by molar-refractivity contribution is -0.134. The second-order valence-corrected chi connectivity index (χ2v) is 29.8. The van der Waals surface area contributed by atoms with Gasteiger partial charge in [0, 0.05) is 108 Å². The van der Waals surface area contributed by atoms with E-state index in [-0.39, 0.29) is 58.8 Å². The number of hydrogen-bond acceptors (Lipinski definition) is 23. The van der Waals surface area contributed by atoms with E-state index in [1.807, 2.05) is 59.8 Å². The van der Waals surface area contributed by atoms with E-state index >= 15 is 4.79 Å². The van der Waals surface area contributed by atoms with Gasteiger partial charge in [0.25, 0.3) is 17.7 Å². The van der Waals surface area contributed by atoms with Crippen LogP contribution >= 0.6 is 68.0 Å². The van der Waals surface area contributed by atoms with Gasteiger partial charge in [0.2, 0.25) is 11.8 Å². The third-order valence-electron chi connectivity index (χ3n) is 17.7. The Morgan fingerprint density at radius 3 is 2.03 bits per heavy atom. The number of aliphatic hydroxyl groups excluding tert-OH is 2. The first-order valence-electron chi connectivity index (χ1n) is 31.2. The Labute approximate surface area is 566 Å². The molecule has 28 heteroatoms. The monoisotopic (exact) mass is 1380 g/mol. The number of aryl methyl sites for hydroxylation is 2. The summed E-state index contributed by atoms with van der Waals surface area (Å²) in [6.07, 6.45) is 1.03. The van der Waals surface area contributed by atoms with Crippen LogP contribution in [-0.4, -0.2) is 171 Å². The van der Waals surface area contributed by atoms with E-state index in [0.29, 0.717) is 77.6 Å². The molecule has 486 valence electrons. The average Bonchev–Trinajstić information content (AvgIpc) is 1.62. The van der Waals surface area contributed by atoms with Gasteiger partial charge in [-0.15, -0.1) is 68.0 Å². The number of Topliss-reactive ketones (excluding diaryl/α,β-unsaturated/α-hetero) is 1. The molecule has 9 aromatic rings. The van der Waals surface area contributed by atoms with Crippen molar-refractivity contribution in [2.75, 3.05) is 58.9 Å². The van der Waals surface area contributed by atoms with E-state index < -0.39 is 71.6 Å². The van der Waals surface area contributed by atoms with Crippen LogP contribution in [0.1, 0.15) is 142 Å². The number of carbonyl (C=O) groups excluding carboxylic acids is 6. The third kappa shape index (κ3) is 14.1. The van der Waals surface area contributed by atoms with E-state index in [9.17, 15) is 34.2 Å². The molecule has 0 unspecified atom stereocenters. The molecule has 0 aliphatic carbocycles. The Kier molecular flexibility index (Phi) is 19.5. The van der Waals surface area contributed by atoms with E-state index in [4.69, 9.17) is 40.6 Å². The van der Waals surface area contributed by atoms with Crippen LogP contribution in [0.15, 0.2) is 93.6 Å². The molecule has 6 N–H and O–H groups in total. The number of rotatable bonds is 11. The number of nitrogens with zero attached hydrogens (tertiary/aromatic N) is 11. The van der Waals surface area contributed by atoms with Crippen LogP contribution in [0.3, 0.4) is 0 Å². The van der Waals surface area contributed by atoms with Crippen LogP contribution in [0.2, 0.25) is 0 Å². The van der Waals surface area contributed by atoms with Crippen molar-refractivity contribution in [3.63, 3.8) is 0 Å². The van der Waals surface area contributed by atoms with Gasteiger partial charge in [0.05, 0.1) is 41.4 Å². The third-order valence-corrected chi connectivity index (χ3v) is 23.3. The highest BCUT2D eigenvalue weighted by Gasteiger charge is 2.46. The van der Waals surface area contributed by atoms with Crippen molar-refractivity contribution in [3.8, 4) is 43.4 Å². The molecule has 0 saturated carbocycles. The summed E-state index contributed by atoms with van der Waals surface area (Å²) in [7, 11) is 0. The number of nitrogens with two attached hydrogens (primary N) is 1. The molecule has 22 nitrogen and oxygen atoms in total. The number of ketones is 1. The molecule has 11 heterocycles. The van der Waals surface area contributed by atoms with Crippen molar-refractivity contribution < 1.29 is 39.0 Å². The highest BCUT2D eigenvalue weighted by atomic mass is 32.1. The predicted octanol–water partition coefficient (Wildman–Crippen LogP) is 9.02. The molecular weight excluding hydrogens is 1310 g/mol. The number of pyridine rings is 1. The maximum Gasteiger partial charge on any atom is 0.273 e. The Balaban J connectivity index is 0.856. The topological polar surface area (TPSA) is 296 Å². The first-order chi connectivity index (χ1) is 45.5. The number of carbonyl (C=O) groups is 6. The van der Waals surface area contributed by atoms with Gasteiger partial charge in [0.15, 0.2) is 5.78 Å². The number of primary amides is 1. The van der Waals surface area contributed by atoms with Gasteiger partial charge in [-0.05, 0) is 63.0 Å². The molecule has 5 amide bonds. The molecule has 0 radical (unpaired) electrons. The fraction of sp³-hybridized carbons (Fsp3) is 0.379. The van der Waals surface area contributed by atoms with Crippen molar-refractivity contribution >= 4 is 103 Å². The van der Waals surface area contributed by atoms with Crippen LogP contribution in [0.5, 0.6) is 0 Å². The number of amides is 5. The van der Waals surface area contributed by atoms with Gasteiger partial charge in [0.1, 0.15) is 70.9 Å². The van der Waals surface area contributed by atoms with Crippen LogP contribution < -0.4 is 16.4 Å². The van der Waals surface area contributed by atoms with Gasteiger partial charge >= 0.3 is 0 Å². The van der Waals surface area contributed by atoms with Crippen LogP contribution in [0.25, 0.3) is 43.4 Å². The van der Waals surface area contributed by atoms with Gasteiger partial charge in [-0.2, -0.15) is 0 Å². The van der Waals surface area contributed by atoms with Crippen molar-refractivity contribution in [1.29, 1.82) is 0 Å². The summed E-state index contributed by atoms with van der Waals surface area (Å²) in [6, 6.07) is 17.2. The smallest absolute Gasteiger partial charge is 0.273 e. The molecule has 4 aliphatic heterocycles. The molecular formula is C66H68N14O8S6. The minimum atomic E-state index is -1.27. The molecule has 7 aromatic heterocycles. The number of nitrogens with one attached hydrogen (secondary N) is 2. The van der Waals surface area contributed by atoms with Crippen molar-refractivity contribution in [2.24, 2.45) is 11.7 Å². The first-order valence-corrected chi connectivity index (χ1v) is 36.4. The maximum atomic E-state index is 15.3. The number of benzene rings is 2. The highest BCUT2D eigenvalue weighted by Crippen LogP contribution is 2.43. The SMILES string of the molecule is Cc1ccc(C[C@@H]2NC(=O)c3csc(n3)[C@H]([C@H](O)c3ccccc3)CC(=O)c3nc(sc3C)[C@H](CC(N)=O)NC(=O)c3csc(n3)-c3ccc(-c4nc(C(=O)N5CCN(CCN6CCCCC6)CC5)cs4)nc3-c3csc(n3)-c3csc(n3)[C@@H]3[C@@H](C)[C@@H](O)CN3C2=O)cc1. The molecule has 13 rings (SSSR count). The summed E-state index contributed by atoms with van der Waals surface area (Å²) in [6.45, 7) is 12.6. The normalized spacial score (nSPS) is 21.4. The Morgan fingerprint density at radius 2 is 1.28 bits per heavy atom. The molecule has 7 atom stereocenters. The van der Waals surface area contributed by atoms with Gasteiger partial charge in [-0.3, -0.25) is 33.7 Å². The molecule has 4 aliphatic rings. The maximum absolute atomic E-state index is 15.3. The minimum Gasteiger partial charge on any atom is -0.391 e. The number of piperidine rings is 1. The van der Waals surface area contributed by atoms with Crippen LogP contribution in [0, 0.1) is 19.8 Å². The number of aromatic nitrogens is 7. The Hall–Kier alpha value is -7.77. The van der Waals surface area contributed by atoms with E-state index in [0.717, 1.165) is 73.1 Å². The van der Waals surface area contributed by atoms with Gasteiger partial charge in [-0.25, -0.2) is 34.9 Å². The van der Waals surface area contributed by atoms with E-state index in [1.165, 1.54) is 70.0 Å².